The van der Waals surface area contributed by atoms with Crippen LogP contribution >= 0.6 is 0 Å². The van der Waals surface area contributed by atoms with Crippen molar-refractivity contribution in [3.8, 4) is 11.3 Å². The second kappa shape index (κ2) is 7.91. The van der Waals surface area contributed by atoms with E-state index in [2.05, 4.69) is 103 Å². The Kier molecular flexibility index (Phi) is 6.41. The third kappa shape index (κ3) is 5.78. The van der Waals surface area contributed by atoms with Crippen LogP contribution < -0.4 is 9.75 Å². The smallest absolute Gasteiger partial charge is 0.201 e. The first-order chi connectivity index (χ1) is 12.3. The van der Waals surface area contributed by atoms with Crippen LogP contribution in [-0.4, -0.2) is 8.07 Å². The van der Waals surface area contributed by atoms with Gasteiger partial charge in [-0.2, -0.15) is 0 Å². The van der Waals surface area contributed by atoms with Gasteiger partial charge in [0.05, 0.1) is 8.07 Å². The third-order valence-corrected chi connectivity index (χ3v) is 7.19. The molecule has 27 heavy (non-hydrogen) atoms. The fourth-order valence-corrected chi connectivity index (χ4v) is 5.61. The first kappa shape index (κ1) is 21.9. The molecule has 1 aromatic heterocycles. The topological polar surface area (TPSA) is 3.88 Å². The summed E-state index contributed by atoms with van der Waals surface area (Å²) in [5.74, 6) is 0.681. The van der Waals surface area contributed by atoms with Gasteiger partial charge in [-0.15, -0.1) is 0 Å². The van der Waals surface area contributed by atoms with Crippen LogP contribution in [0.1, 0.15) is 51.3 Å². The third-order valence-electron chi connectivity index (χ3n) is 5.11. The summed E-state index contributed by atoms with van der Waals surface area (Å²) in [7, 11) is 0.777. The number of aryl methyl sites for hydroxylation is 2. The molecule has 0 aliphatic heterocycles. The molecule has 0 N–H and O–H groups in total. The van der Waals surface area contributed by atoms with Crippen molar-refractivity contribution in [1.29, 1.82) is 0 Å². The van der Waals surface area contributed by atoms with Gasteiger partial charge in [0.15, 0.2) is 6.20 Å². The normalized spacial score (nSPS) is 12.7. The zero-order chi connectivity index (χ0) is 20.6. The van der Waals surface area contributed by atoms with Gasteiger partial charge in [0.2, 0.25) is 5.69 Å². The minimum atomic E-state index is -1.44. The van der Waals surface area contributed by atoms with Crippen LogP contribution in [0.2, 0.25) is 19.6 Å². The second-order valence-electron chi connectivity index (χ2n) is 10.9. The maximum absolute atomic E-state index is 2.51. The zero-order valence-electron chi connectivity index (χ0n) is 19.3. The van der Waals surface area contributed by atoms with E-state index in [4.69, 9.17) is 0 Å². The minimum absolute atomic E-state index is 0.302. The number of aromatic nitrogens is 1. The van der Waals surface area contributed by atoms with E-state index in [0.29, 0.717) is 11.3 Å². The molecule has 2 aromatic rings. The molecule has 0 saturated carbocycles. The Hall–Kier alpha value is -1.41. The van der Waals surface area contributed by atoms with Crippen LogP contribution in [0.5, 0.6) is 0 Å². The van der Waals surface area contributed by atoms with E-state index < -0.39 is 8.07 Å². The lowest BCUT2D eigenvalue weighted by molar-refractivity contribution is -0.660. The molecule has 0 bridgehead atoms. The lowest BCUT2D eigenvalue weighted by Gasteiger charge is -2.25. The summed E-state index contributed by atoms with van der Waals surface area (Å²) in [6.07, 6.45) is 4.68. The van der Waals surface area contributed by atoms with E-state index >= 15 is 0 Å². The van der Waals surface area contributed by atoms with Crippen LogP contribution in [0.3, 0.4) is 0 Å². The molecule has 0 unspecified atom stereocenters. The van der Waals surface area contributed by atoms with Crippen LogP contribution in [0.15, 0.2) is 30.5 Å². The van der Waals surface area contributed by atoms with Gasteiger partial charge in [-0.25, -0.2) is 4.57 Å². The van der Waals surface area contributed by atoms with Crippen molar-refractivity contribution in [2.45, 2.75) is 74.0 Å². The summed E-state index contributed by atoms with van der Waals surface area (Å²) in [6.45, 7) is 21.3. The quantitative estimate of drug-likeness (QED) is 0.453. The van der Waals surface area contributed by atoms with E-state index in [1.165, 1.54) is 27.9 Å². The second-order valence-corrected chi connectivity index (χ2v) is 16.0. The molecule has 1 heterocycles. The lowest BCUT2D eigenvalue weighted by Crippen LogP contribution is -2.45. The maximum Gasteiger partial charge on any atom is 0.212 e. The van der Waals surface area contributed by atoms with E-state index in [9.17, 15) is 0 Å². The Labute approximate surface area is 168 Å². The fraction of sp³-hybridized carbons (Fsp3) is 0.560. The highest BCUT2D eigenvalue weighted by Gasteiger charge is 2.28. The number of nitrogens with zero attached hydrogens (tertiary/aromatic N) is 1. The van der Waals surface area contributed by atoms with Gasteiger partial charge >= 0.3 is 0 Å². The van der Waals surface area contributed by atoms with E-state index in [1.54, 1.807) is 5.19 Å². The molecule has 2 heteroatoms. The molecule has 2 rings (SSSR count). The van der Waals surface area contributed by atoms with E-state index in [0.717, 1.165) is 12.8 Å². The molecule has 0 amide bonds. The number of hydrogen-bond donors (Lipinski definition) is 0. The number of benzene rings is 1. The predicted molar refractivity (Wildman–Crippen MR) is 122 cm³/mol. The van der Waals surface area contributed by atoms with Gasteiger partial charge in [0, 0.05) is 17.2 Å². The molecule has 1 aromatic carbocycles. The van der Waals surface area contributed by atoms with Crippen molar-refractivity contribution in [3.05, 3.63) is 47.2 Å². The van der Waals surface area contributed by atoms with Crippen molar-refractivity contribution in [2.75, 3.05) is 0 Å². The van der Waals surface area contributed by atoms with Crippen molar-refractivity contribution in [3.63, 3.8) is 0 Å². The van der Waals surface area contributed by atoms with Crippen molar-refractivity contribution >= 4 is 13.3 Å². The molecule has 148 valence electrons. The molecule has 0 aliphatic carbocycles. The molecular formula is C25H40NSi+. The number of hydrogen-bond acceptors (Lipinski definition) is 0. The Bertz CT molecular complexity index is 804. The van der Waals surface area contributed by atoms with E-state index in [1.807, 2.05) is 0 Å². The highest BCUT2D eigenvalue weighted by Crippen LogP contribution is 2.26. The molecule has 0 radical (unpaired) electrons. The van der Waals surface area contributed by atoms with Crippen molar-refractivity contribution in [2.24, 2.45) is 18.4 Å². The number of rotatable bonds is 5. The molecule has 0 fully saturated rings. The highest BCUT2D eigenvalue weighted by molar-refractivity contribution is 6.89. The molecule has 0 atom stereocenters. The molecule has 0 spiro atoms. The van der Waals surface area contributed by atoms with Crippen LogP contribution in [0, 0.1) is 18.3 Å². The van der Waals surface area contributed by atoms with Crippen LogP contribution in [0.25, 0.3) is 11.3 Å². The first-order valence-electron chi connectivity index (χ1n) is 10.4. The van der Waals surface area contributed by atoms with Crippen molar-refractivity contribution in [1.82, 2.24) is 0 Å². The molecule has 1 nitrogen and oxygen atoms in total. The molecule has 0 saturated heterocycles. The average Bonchev–Trinajstić information content (AvgIpc) is 2.46. The standard InChI is InChI=1S/C25H40NSi/c1-18(2)13-20-12-11-19(3)22(14-20)23-15-24(27(8,9)10)21(17-26(23)7)16-25(4,5)6/h11-12,14-15,17-18H,13,16H2,1-10H3/q+1. The van der Waals surface area contributed by atoms with Gasteiger partial charge in [0.1, 0.15) is 7.05 Å². The Balaban J connectivity index is 2.65. The van der Waals surface area contributed by atoms with Gasteiger partial charge in [-0.05, 0) is 53.5 Å². The van der Waals surface area contributed by atoms with Gasteiger partial charge in [0.25, 0.3) is 0 Å². The van der Waals surface area contributed by atoms with Gasteiger partial charge < -0.3 is 0 Å². The summed E-state index contributed by atoms with van der Waals surface area (Å²) in [4.78, 5) is 0. The minimum Gasteiger partial charge on any atom is -0.201 e. The lowest BCUT2D eigenvalue weighted by atomic mass is 9.88. The summed E-state index contributed by atoms with van der Waals surface area (Å²) in [5.41, 5.74) is 7.38. The zero-order valence-corrected chi connectivity index (χ0v) is 20.3. The average molecular weight is 383 g/mol. The van der Waals surface area contributed by atoms with E-state index in [-0.39, 0.29) is 0 Å². The Morgan fingerprint density at radius 1 is 1.04 bits per heavy atom. The SMILES string of the molecule is Cc1ccc(CC(C)C)cc1-c1cc([Si](C)(C)C)c(CC(C)(C)C)c[n+]1C. The summed E-state index contributed by atoms with van der Waals surface area (Å²) in [5, 5.41) is 1.61. The van der Waals surface area contributed by atoms with Gasteiger partial charge in [-0.3, -0.25) is 0 Å². The Morgan fingerprint density at radius 3 is 2.19 bits per heavy atom. The van der Waals surface area contributed by atoms with Crippen molar-refractivity contribution < 1.29 is 4.57 Å². The summed E-state index contributed by atoms with van der Waals surface area (Å²) < 4.78 is 2.35. The van der Waals surface area contributed by atoms with Crippen LogP contribution in [0.4, 0.5) is 0 Å². The summed E-state index contributed by atoms with van der Waals surface area (Å²) >= 11 is 0. The highest BCUT2D eigenvalue weighted by atomic mass is 28.3. The molecular weight excluding hydrogens is 342 g/mol. The monoisotopic (exact) mass is 382 g/mol. The Morgan fingerprint density at radius 2 is 1.67 bits per heavy atom. The first-order valence-corrected chi connectivity index (χ1v) is 13.9. The molecule has 0 aliphatic rings. The number of pyridine rings is 1. The predicted octanol–water partition coefficient (Wildman–Crippen LogP) is 5.82. The summed E-state index contributed by atoms with van der Waals surface area (Å²) in [6, 6.07) is 9.52. The van der Waals surface area contributed by atoms with Crippen LogP contribution in [-0.2, 0) is 19.9 Å². The maximum atomic E-state index is 2.51. The van der Waals surface area contributed by atoms with Gasteiger partial charge in [-0.1, -0.05) is 66.4 Å². The fourth-order valence-electron chi connectivity index (χ4n) is 3.93. The largest absolute Gasteiger partial charge is 0.212 e.